The van der Waals surface area contributed by atoms with Gasteiger partial charge in [-0.05, 0) is 37.2 Å². The van der Waals surface area contributed by atoms with Crippen molar-refractivity contribution in [1.82, 2.24) is 9.80 Å². The maximum atomic E-state index is 13.3. The van der Waals surface area contributed by atoms with E-state index in [0.29, 0.717) is 6.04 Å². The summed E-state index contributed by atoms with van der Waals surface area (Å²) in [5.74, 6) is -0.803. The highest BCUT2D eigenvalue weighted by Crippen LogP contribution is 2.21. The predicted octanol–water partition coefficient (Wildman–Crippen LogP) is 2.45. The van der Waals surface area contributed by atoms with E-state index in [4.69, 9.17) is 0 Å². The SMILES string of the molecule is CCN(CC)C1CCN(Cc2ccc(O)c(F)c2)C1. The minimum absolute atomic E-state index is 0.272. The van der Waals surface area contributed by atoms with Crippen molar-refractivity contribution in [3.05, 3.63) is 29.6 Å². The summed E-state index contributed by atoms with van der Waals surface area (Å²) in [6.07, 6.45) is 1.18. The summed E-state index contributed by atoms with van der Waals surface area (Å²) in [5, 5.41) is 9.19. The van der Waals surface area contributed by atoms with Crippen LogP contribution in [0.4, 0.5) is 4.39 Å². The predicted molar refractivity (Wildman–Crippen MR) is 74.7 cm³/mol. The monoisotopic (exact) mass is 266 g/mol. The van der Waals surface area contributed by atoms with Crippen LogP contribution < -0.4 is 0 Å². The lowest BCUT2D eigenvalue weighted by Crippen LogP contribution is -2.37. The molecule has 1 aliphatic rings. The van der Waals surface area contributed by atoms with Crippen LogP contribution in [0.5, 0.6) is 5.75 Å². The van der Waals surface area contributed by atoms with Crippen molar-refractivity contribution in [3.8, 4) is 5.75 Å². The molecule has 0 aromatic heterocycles. The Morgan fingerprint density at radius 2 is 2.11 bits per heavy atom. The molecule has 19 heavy (non-hydrogen) atoms. The topological polar surface area (TPSA) is 26.7 Å². The van der Waals surface area contributed by atoms with Crippen LogP contribution in [0.2, 0.25) is 0 Å². The Bertz CT molecular complexity index is 421. The maximum Gasteiger partial charge on any atom is 0.165 e. The highest BCUT2D eigenvalue weighted by Gasteiger charge is 2.25. The first-order valence-corrected chi connectivity index (χ1v) is 7.07. The molecule has 2 rings (SSSR count). The van der Waals surface area contributed by atoms with Crippen molar-refractivity contribution in [2.75, 3.05) is 26.2 Å². The highest BCUT2D eigenvalue weighted by atomic mass is 19.1. The maximum absolute atomic E-state index is 13.3. The second-order valence-electron chi connectivity index (χ2n) is 5.18. The first-order valence-electron chi connectivity index (χ1n) is 7.07. The second kappa shape index (κ2) is 6.35. The van der Waals surface area contributed by atoms with Gasteiger partial charge in [-0.25, -0.2) is 4.39 Å². The molecule has 3 nitrogen and oxygen atoms in total. The Balaban J connectivity index is 1.92. The van der Waals surface area contributed by atoms with Crippen molar-refractivity contribution < 1.29 is 9.50 Å². The lowest BCUT2D eigenvalue weighted by molar-refractivity contribution is 0.209. The number of benzene rings is 1. The van der Waals surface area contributed by atoms with E-state index in [1.54, 1.807) is 6.07 Å². The summed E-state index contributed by atoms with van der Waals surface area (Å²) in [6.45, 7) is 9.43. The molecule has 1 heterocycles. The van der Waals surface area contributed by atoms with E-state index in [1.165, 1.54) is 18.6 Å². The third-order valence-electron chi connectivity index (χ3n) is 3.99. The van der Waals surface area contributed by atoms with Crippen LogP contribution in [0.25, 0.3) is 0 Å². The zero-order valence-corrected chi connectivity index (χ0v) is 11.8. The van der Waals surface area contributed by atoms with Gasteiger partial charge in [-0.1, -0.05) is 19.9 Å². The molecule has 106 valence electrons. The lowest BCUT2D eigenvalue weighted by atomic mass is 10.2. The van der Waals surface area contributed by atoms with Crippen molar-refractivity contribution >= 4 is 0 Å². The summed E-state index contributed by atoms with van der Waals surface area (Å²) in [5.41, 5.74) is 0.926. The van der Waals surface area contributed by atoms with Crippen LogP contribution in [-0.4, -0.2) is 47.1 Å². The van der Waals surface area contributed by atoms with Gasteiger partial charge >= 0.3 is 0 Å². The summed E-state index contributed by atoms with van der Waals surface area (Å²) in [6, 6.07) is 5.28. The van der Waals surface area contributed by atoms with Crippen LogP contribution in [0.1, 0.15) is 25.8 Å². The molecule has 4 heteroatoms. The van der Waals surface area contributed by atoms with Gasteiger partial charge in [0.2, 0.25) is 0 Å². The summed E-state index contributed by atoms with van der Waals surface area (Å²) < 4.78 is 13.3. The average Bonchev–Trinajstić information content (AvgIpc) is 2.84. The normalized spacial score (nSPS) is 20.3. The Morgan fingerprint density at radius 1 is 1.37 bits per heavy atom. The Kier molecular flexibility index (Phi) is 4.77. The molecule has 0 radical (unpaired) electrons. The molecule has 1 fully saturated rings. The minimum atomic E-state index is -0.531. The molecule has 0 saturated carbocycles. The minimum Gasteiger partial charge on any atom is -0.505 e. The molecular weight excluding hydrogens is 243 g/mol. The van der Waals surface area contributed by atoms with Crippen LogP contribution in [0, 0.1) is 5.82 Å². The molecule has 1 aromatic rings. The number of hydrogen-bond donors (Lipinski definition) is 1. The summed E-state index contributed by atoms with van der Waals surface area (Å²) >= 11 is 0. The van der Waals surface area contributed by atoms with Crippen LogP contribution in [0.15, 0.2) is 18.2 Å². The molecule has 1 N–H and O–H groups in total. The van der Waals surface area contributed by atoms with Gasteiger partial charge in [0.25, 0.3) is 0 Å². The number of rotatable bonds is 5. The van der Waals surface area contributed by atoms with Gasteiger partial charge in [-0.2, -0.15) is 0 Å². The third-order valence-corrected chi connectivity index (χ3v) is 3.99. The summed E-state index contributed by atoms with van der Waals surface area (Å²) in [4.78, 5) is 4.84. The fourth-order valence-corrected chi connectivity index (χ4v) is 2.90. The molecule has 0 aliphatic carbocycles. The molecular formula is C15H23FN2O. The molecule has 0 amide bonds. The second-order valence-corrected chi connectivity index (χ2v) is 5.18. The molecule has 1 aromatic carbocycles. The molecule has 1 unspecified atom stereocenters. The van der Waals surface area contributed by atoms with E-state index in [9.17, 15) is 9.50 Å². The standard InChI is InChI=1S/C15H23FN2O/c1-3-18(4-2)13-7-8-17(11-13)10-12-5-6-15(19)14(16)9-12/h5-6,9,13,19H,3-4,7-8,10-11H2,1-2H3. The number of likely N-dealkylation sites (tertiary alicyclic amines) is 1. The molecule has 0 spiro atoms. The van der Waals surface area contributed by atoms with Crippen molar-refractivity contribution in [1.29, 1.82) is 0 Å². The van der Waals surface area contributed by atoms with Gasteiger partial charge in [0, 0.05) is 25.7 Å². The van der Waals surface area contributed by atoms with Crippen LogP contribution >= 0.6 is 0 Å². The van der Waals surface area contributed by atoms with E-state index in [1.807, 2.05) is 0 Å². The highest BCUT2D eigenvalue weighted by molar-refractivity contribution is 5.28. The number of nitrogens with zero attached hydrogens (tertiary/aromatic N) is 2. The van der Waals surface area contributed by atoms with E-state index in [-0.39, 0.29) is 5.75 Å². The van der Waals surface area contributed by atoms with Crippen molar-refractivity contribution in [3.63, 3.8) is 0 Å². The fraction of sp³-hybridized carbons (Fsp3) is 0.600. The zero-order valence-electron chi connectivity index (χ0n) is 11.8. The van der Waals surface area contributed by atoms with Gasteiger partial charge in [0.05, 0.1) is 0 Å². The van der Waals surface area contributed by atoms with E-state index in [2.05, 4.69) is 23.6 Å². The number of aromatic hydroxyl groups is 1. The van der Waals surface area contributed by atoms with Crippen molar-refractivity contribution in [2.24, 2.45) is 0 Å². The van der Waals surface area contributed by atoms with Gasteiger partial charge in [0.15, 0.2) is 11.6 Å². The molecule has 0 bridgehead atoms. The van der Waals surface area contributed by atoms with Gasteiger partial charge < -0.3 is 5.11 Å². The third kappa shape index (κ3) is 3.45. The fourth-order valence-electron chi connectivity index (χ4n) is 2.90. The number of phenols is 1. The number of halogens is 1. The first kappa shape index (κ1) is 14.3. The van der Waals surface area contributed by atoms with E-state index in [0.717, 1.165) is 38.3 Å². The Hall–Kier alpha value is -1.13. The van der Waals surface area contributed by atoms with Gasteiger partial charge in [-0.3, -0.25) is 9.80 Å². The van der Waals surface area contributed by atoms with E-state index < -0.39 is 5.82 Å². The molecule has 1 atom stereocenters. The number of hydrogen-bond acceptors (Lipinski definition) is 3. The van der Waals surface area contributed by atoms with Gasteiger partial charge in [-0.15, -0.1) is 0 Å². The Morgan fingerprint density at radius 3 is 2.74 bits per heavy atom. The number of likely N-dealkylation sites (N-methyl/N-ethyl adjacent to an activating group) is 1. The van der Waals surface area contributed by atoms with Gasteiger partial charge in [0.1, 0.15) is 0 Å². The molecule has 1 saturated heterocycles. The first-order chi connectivity index (χ1) is 9.13. The smallest absolute Gasteiger partial charge is 0.165 e. The zero-order chi connectivity index (χ0) is 13.8. The lowest BCUT2D eigenvalue weighted by Gasteiger charge is -2.26. The number of phenolic OH excluding ortho intramolecular Hbond substituents is 1. The van der Waals surface area contributed by atoms with Crippen LogP contribution in [0.3, 0.4) is 0 Å². The largest absolute Gasteiger partial charge is 0.505 e. The summed E-state index contributed by atoms with van der Waals surface area (Å²) in [7, 11) is 0. The average molecular weight is 266 g/mol. The molecule has 1 aliphatic heterocycles. The van der Waals surface area contributed by atoms with E-state index >= 15 is 0 Å². The Labute approximate surface area is 114 Å². The quantitative estimate of drug-likeness (QED) is 0.887. The van der Waals surface area contributed by atoms with Crippen LogP contribution in [-0.2, 0) is 6.54 Å². The van der Waals surface area contributed by atoms with Crippen molar-refractivity contribution in [2.45, 2.75) is 32.9 Å².